The quantitative estimate of drug-likeness (QED) is 0.679. The lowest BCUT2D eigenvalue weighted by Crippen LogP contribution is -3.28. The van der Waals surface area contributed by atoms with Crippen molar-refractivity contribution in [1.82, 2.24) is 0 Å². The van der Waals surface area contributed by atoms with Gasteiger partial charge >= 0.3 is 0 Å². The highest BCUT2D eigenvalue weighted by Crippen LogP contribution is 2.18. The van der Waals surface area contributed by atoms with Crippen LogP contribution in [-0.2, 0) is 9.53 Å². The first-order chi connectivity index (χ1) is 12.1. The van der Waals surface area contributed by atoms with E-state index in [0.29, 0.717) is 12.6 Å². The summed E-state index contributed by atoms with van der Waals surface area (Å²) in [5.74, 6) is 0.131. The number of hydrogen-bond acceptors (Lipinski definition) is 2. The van der Waals surface area contributed by atoms with Crippen LogP contribution >= 0.6 is 0 Å². The van der Waals surface area contributed by atoms with E-state index in [4.69, 9.17) is 4.74 Å². The molecule has 0 bridgehead atoms. The Hall–Kier alpha value is -1.43. The van der Waals surface area contributed by atoms with Gasteiger partial charge in [0, 0.05) is 12.3 Å². The van der Waals surface area contributed by atoms with Gasteiger partial charge in [0.1, 0.15) is 38.8 Å². The summed E-state index contributed by atoms with van der Waals surface area (Å²) < 4.78 is 5.87. The summed E-state index contributed by atoms with van der Waals surface area (Å²) in [7, 11) is 0. The standard InChI is InChI=1S/C20H31N3O2/c1-16-6-5-7-17(2)20(16)21-19(24)15-23-11-9-22(10-12-23)14-18-8-3-4-13-25-18/h5-7,18H,3-4,8-15H2,1-2H3,(H,21,24)/p+2/t18-/m1/s1. The Balaban J connectivity index is 1.41. The van der Waals surface area contributed by atoms with Crippen LogP contribution in [0.25, 0.3) is 0 Å². The predicted octanol–water partition coefficient (Wildman–Crippen LogP) is -0.406. The van der Waals surface area contributed by atoms with Crippen LogP contribution in [0.2, 0.25) is 0 Å². The van der Waals surface area contributed by atoms with E-state index in [0.717, 1.165) is 56.1 Å². The van der Waals surface area contributed by atoms with Gasteiger partial charge in [0.25, 0.3) is 5.91 Å². The lowest BCUT2D eigenvalue weighted by Gasteiger charge is -2.32. The Labute approximate surface area is 151 Å². The van der Waals surface area contributed by atoms with Crippen molar-refractivity contribution >= 4 is 11.6 Å². The van der Waals surface area contributed by atoms with Crippen molar-refractivity contribution in [2.45, 2.75) is 39.2 Å². The van der Waals surface area contributed by atoms with E-state index in [2.05, 4.69) is 5.32 Å². The van der Waals surface area contributed by atoms with Gasteiger partial charge in [0.2, 0.25) is 0 Å². The fourth-order valence-corrected chi connectivity index (χ4v) is 4.05. The zero-order valence-corrected chi connectivity index (χ0v) is 15.7. The largest absolute Gasteiger partial charge is 0.372 e. The molecule has 0 radical (unpaired) electrons. The molecule has 2 fully saturated rings. The van der Waals surface area contributed by atoms with Crippen LogP contribution in [-0.4, -0.2) is 57.9 Å². The van der Waals surface area contributed by atoms with E-state index >= 15 is 0 Å². The zero-order valence-electron chi connectivity index (χ0n) is 15.7. The van der Waals surface area contributed by atoms with E-state index in [1.807, 2.05) is 32.0 Å². The van der Waals surface area contributed by atoms with Gasteiger partial charge in [-0.3, -0.25) is 4.79 Å². The molecule has 138 valence electrons. The molecule has 2 heterocycles. The molecule has 0 aromatic heterocycles. The maximum Gasteiger partial charge on any atom is 0.279 e. The second-order valence-corrected chi connectivity index (χ2v) is 7.68. The number of anilines is 1. The average Bonchev–Trinajstić information content (AvgIpc) is 2.61. The number of benzene rings is 1. The Kier molecular flexibility index (Phi) is 6.45. The average molecular weight is 348 g/mol. The lowest BCUT2D eigenvalue weighted by molar-refractivity contribution is -1.01. The summed E-state index contributed by atoms with van der Waals surface area (Å²) in [5.41, 5.74) is 3.24. The van der Waals surface area contributed by atoms with Crippen LogP contribution in [0, 0.1) is 13.8 Å². The number of nitrogens with one attached hydrogen (secondary N) is 3. The number of aryl methyl sites for hydroxylation is 2. The van der Waals surface area contributed by atoms with E-state index in [1.165, 1.54) is 24.2 Å². The van der Waals surface area contributed by atoms with Crippen LogP contribution in [0.4, 0.5) is 5.69 Å². The van der Waals surface area contributed by atoms with Gasteiger partial charge in [-0.2, -0.15) is 0 Å². The summed E-state index contributed by atoms with van der Waals surface area (Å²) in [4.78, 5) is 15.5. The molecule has 2 aliphatic heterocycles. The van der Waals surface area contributed by atoms with Gasteiger partial charge in [-0.25, -0.2) is 0 Å². The number of rotatable bonds is 5. The minimum absolute atomic E-state index is 0.131. The van der Waals surface area contributed by atoms with Gasteiger partial charge in [-0.1, -0.05) is 18.2 Å². The first-order valence-corrected chi connectivity index (χ1v) is 9.76. The maximum absolute atomic E-state index is 12.4. The molecule has 1 aromatic carbocycles. The molecule has 2 aliphatic rings. The molecule has 3 rings (SSSR count). The molecule has 2 saturated heterocycles. The second-order valence-electron chi connectivity index (χ2n) is 7.68. The molecule has 1 aromatic rings. The SMILES string of the molecule is Cc1cccc(C)c1NC(=O)C[NH+]1CC[NH+](C[C@H]2CCCCO2)CC1. The number of hydrogen-bond donors (Lipinski definition) is 3. The van der Waals surface area contributed by atoms with Gasteiger partial charge in [-0.15, -0.1) is 0 Å². The van der Waals surface area contributed by atoms with E-state index in [-0.39, 0.29) is 5.91 Å². The molecule has 0 unspecified atom stereocenters. The Bertz CT molecular complexity index is 556. The second kappa shape index (κ2) is 8.79. The number of piperazine rings is 1. The topological polar surface area (TPSA) is 47.2 Å². The minimum Gasteiger partial charge on any atom is -0.372 e. The molecule has 25 heavy (non-hydrogen) atoms. The smallest absolute Gasteiger partial charge is 0.279 e. The zero-order chi connectivity index (χ0) is 17.6. The Morgan fingerprint density at radius 2 is 1.80 bits per heavy atom. The highest BCUT2D eigenvalue weighted by Gasteiger charge is 2.28. The molecule has 0 saturated carbocycles. The highest BCUT2D eigenvalue weighted by atomic mass is 16.5. The van der Waals surface area contributed by atoms with Crippen molar-refractivity contribution in [3.63, 3.8) is 0 Å². The van der Waals surface area contributed by atoms with Gasteiger partial charge < -0.3 is 19.9 Å². The third-order valence-corrected chi connectivity index (χ3v) is 5.61. The molecule has 0 spiro atoms. The first kappa shape index (κ1) is 18.4. The molecule has 3 N–H and O–H groups in total. The van der Waals surface area contributed by atoms with Crippen molar-refractivity contribution in [3.8, 4) is 0 Å². The maximum atomic E-state index is 12.4. The normalized spacial score (nSPS) is 27.0. The summed E-state index contributed by atoms with van der Waals surface area (Å²) in [6.45, 7) is 11.2. The van der Waals surface area contributed by atoms with Crippen LogP contribution in [0.1, 0.15) is 30.4 Å². The summed E-state index contributed by atoms with van der Waals surface area (Å²) in [6, 6.07) is 6.12. The number of carbonyl (C=O) groups excluding carboxylic acids is 1. The van der Waals surface area contributed by atoms with Crippen LogP contribution < -0.4 is 15.1 Å². The van der Waals surface area contributed by atoms with Crippen molar-refractivity contribution in [2.24, 2.45) is 0 Å². The Morgan fingerprint density at radius 1 is 1.12 bits per heavy atom. The van der Waals surface area contributed by atoms with E-state index < -0.39 is 0 Å². The number of carbonyl (C=O) groups is 1. The van der Waals surface area contributed by atoms with Crippen LogP contribution in [0.15, 0.2) is 18.2 Å². The molecular formula is C20H33N3O2+2. The molecule has 1 atom stereocenters. The van der Waals surface area contributed by atoms with Crippen molar-refractivity contribution in [1.29, 1.82) is 0 Å². The van der Waals surface area contributed by atoms with Gasteiger partial charge in [-0.05, 0) is 44.2 Å². The summed E-state index contributed by atoms with van der Waals surface area (Å²) in [5, 5.41) is 3.12. The van der Waals surface area contributed by atoms with E-state index in [9.17, 15) is 4.79 Å². The molecule has 5 nitrogen and oxygen atoms in total. The number of para-hydroxylation sites is 1. The monoisotopic (exact) mass is 347 g/mol. The van der Waals surface area contributed by atoms with Crippen molar-refractivity contribution in [2.75, 3.05) is 51.2 Å². The fourth-order valence-electron chi connectivity index (χ4n) is 4.05. The first-order valence-electron chi connectivity index (χ1n) is 9.76. The summed E-state index contributed by atoms with van der Waals surface area (Å²) >= 11 is 0. The highest BCUT2D eigenvalue weighted by molar-refractivity contribution is 5.93. The Morgan fingerprint density at radius 3 is 2.44 bits per heavy atom. The van der Waals surface area contributed by atoms with Crippen molar-refractivity contribution < 1.29 is 19.3 Å². The number of ether oxygens (including phenoxy) is 1. The molecule has 0 aliphatic carbocycles. The number of quaternary nitrogens is 2. The lowest BCUT2D eigenvalue weighted by atomic mass is 10.1. The molecule has 1 amide bonds. The minimum atomic E-state index is 0.131. The van der Waals surface area contributed by atoms with Gasteiger partial charge in [0.05, 0.1) is 0 Å². The summed E-state index contributed by atoms with van der Waals surface area (Å²) in [6.07, 6.45) is 4.21. The molecular weight excluding hydrogens is 314 g/mol. The fraction of sp³-hybridized carbons (Fsp3) is 0.650. The predicted molar refractivity (Wildman–Crippen MR) is 99.3 cm³/mol. The van der Waals surface area contributed by atoms with Crippen LogP contribution in [0.3, 0.4) is 0 Å². The van der Waals surface area contributed by atoms with Gasteiger partial charge in [0.15, 0.2) is 6.54 Å². The number of amides is 1. The van der Waals surface area contributed by atoms with Crippen molar-refractivity contribution in [3.05, 3.63) is 29.3 Å². The third-order valence-electron chi connectivity index (χ3n) is 5.61. The third kappa shape index (κ3) is 5.27. The van der Waals surface area contributed by atoms with Crippen LogP contribution in [0.5, 0.6) is 0 Å². The van der Waals surface area contributed by atoms with E-state index in [1.54, 1.807) is 4.90 Å². The molecule has 5 heteroatoms.